The molecule has 0 saturated carbocycles. The van der Waals surface area contributed by atoms with Gasteiger partial charge in [-0.1, -0.05) is 0 Å². The van der Waals surface area contributed by atoms with Crippen LogP contribution in [-0.4, -0.2) is 40.7 Å². The third-order valence-corrected chi connectivity index (χ3v) is 5.43. The molecule has 31 heavy (non-hydrogen) atoms. The fourth-order valence-electron chi connectivity index (χ4n) is 3.81. The normalized spacial score (nSPS) is 15.9. The Kier molecular flexibility index (Phi) is 6.29. The van der Waals surface area contributed by atoms with E-state index in [4.69, 9.17) is 4.74 Å². The van der Waals surface area contributed by atoms with E-state index in [-0.39, 0.29) is 11.7 Å². The number of nitriles is 1. The van der Waals surface area contributed by atoms with Crippen LogP contribution in [0.25, 0.3) is 10.9 Å². The Hall–Kier alpha value is -3.41. The molecule has 1 aromatic carbocycles. The Morgan fingerprint density at radius 3 is 2.61 bits per heavy atom. The first kappa shape index (κ1) is 22.3. The molecule has 1 atom stereocenters. The number of nitrogens with zero attached hydrogens (tertiary/aromatic N) is 4. The number of piperidine rings is 1. The third-order valence-electron chi connectivity index (χ3n) is 5.43. The maximum Gasteiger partial charge on any atom is 0.407 e. The molecule has 1 aliphatic heterocycles. The molecule has 0 spiro atoms. The number of carbonyl (C=O) groups is 1. The highest BCUT2D eigenvalue weighted by Crippen LogP contribution is 2.29. The van der Waals surface area contributed by atoms with Crippen LogP contribution in [0.4, 0.5) is 16.3 Å². The number of pyridine rings is 1. The van der Waals surface area contributed by atoms with Gasteiger partial charge in [-0.15, -0.1) is 0 Å². The maximum absolute atomic E-state index is 12.0. The number of anilines is 1. The molecular formula is C22H27N5O4. The molecule has 9 nitrogen and oxygen atoms in total. The molecule has 0 bridgehead atoms. The molecule has 0 aliphatic carbocycles. The number of aromatic nitrogens is 1. The highest BCUT2D eigenvalue weighted by atomic mass is 16.6. The number of non-ortho nitro benzene ring substituents is 1. The number of nitro benzene ring substituents is 1. The molecule has 1 fully saturated rings. The molecule has 9 heteroatoms. The summed E-state index contributed by atoms with van der Waals surface area (Å²) in [6.07, 6.45) is 1.31. The van der Waals surface area contributed by atoms with Gasteiger partial charge in [-0.3, -0.25) is 10.1 Å². The molecule has 0 radical (unpaired) electrons. The van der Waals surface area contributed by atoms with Crippen LogP contribution in [0.5, 0.6) is 0 Å². The molecule has 1 amide bonds. The van der Waals surface area contributed by atoms with Crippen molar-refractivity contribution in [2.24, 2.45) is 5.92 Å². The van der Waals surface area contributed by atoms with E-state index < -0.39 is 16.6 Å². The molecule has 1 aromatic heterocycles. The third kappa shape index (κ3) is 5.40. The fraction of sp³-hybridized carbons (Fsp3) is 0.500. The number of amides is 1. The highest BCUT2D eigenvalue weighted by Gasteiger charge is 2.27. The summed E-state index contributed by atoms with van der Waals surface area (Å²) < 4.78 is 5.34. The minimum Gasteiger partial charge on any atom is -0.444 e. The van der Waals surface area contributed by atoms with E-state index >= 15 is 0 Å². The van der Waals surface area contributed by atoms with Gasteiger partial charge < -0.3 is 15.0 Å². The zero-order valence-corrected chi connectivity index (χ0v) is 18.2. The second-order valence-electron chi connectivity index (χ2n) is 8.86. The summed E-state index contributed by atoms with van der Waals surface area (Å²) in [5, 5.41) is 24.0. The topological polar surface area (TPSA) is 121 Å². The van der Waals surface area contributed by atoms with E-state index in [1.165, 1.54) is 12.1 Å². The Morgan fingerprint density at radius 2 is 2.03 bits per heavy atom. The first-order valence-corrected chi connectivity index (χ1v) is 10.3. The lowest BCUT2D eigenvalue weighted by Gasteiger charge is -2.36. The largest absolute Gasteiger partial charge is 0.444 e. The van der Waals surface area contributed by atoms with Gasteiger partial charge in [-0.2, -0.15) is 5.26 Å². The molecular weight excluding hydrogens is 398 g/mol. The van der Waals surface area contributed by atoms with Crippen molar-refractivity contribution in [1.82, 2.24) is 10.3 Å². The van der Waals surface area contributed by atoms with E-state index in [1.54, 1.807) is 12.1 Å². The lowest BCUT2D eigenvalue weighted by Crippen LogP contribution is -2.45. The molecule has 1 saturated heterocycles. The Morgan fingerprint density at radius 1 is 1.35 bits per heavy atom. The number of hydrogen-bond acceptors (Lipinski definition) is 7. The summed E-state index contributed by atoms with van der Waals surface area (Å²) in [6, 6.07) is 8.17. The van der Waals surface area contributed by atoms with Gasteiger partial charge in [0, 0.05) is 36.7 Å². The quantitative estimate of drug-likeness (QED) is 0.577. The van der Waals surface area contributed by atoms with Crippen LogP contribution in [0.2, 0.25) is 0 Å². The first-order valence-electron chi connectivity index (χ1n) is 10.3. The zero-order valence-electron chi connectivity index (χ0n) is 18.2. The standard InChI is InChI=1S/C22H27N5O4/c1-14(24-21(28)31-22(2,3)4)15-7-9-26(10-8-15)20-11-16(13-23)18-12-17(27(29)30)5-6-19(18)25-20/h5-6,11-12,14-15H,7-10H2,1-4H3,(H,24,28). The molecule has 2 aromatic rings. The second kappa shape index (κ2) is 8.76. The molecule has 2 heterocycles. The predicted molar refractivity (Wildman–Crippen MR) is 117 cm³/mol. The zero-order chi connectivity index (χ0) is 22.8. The van der Waals surface area contributed by atoms with Crippen molar-refractivity contribution in [3.63, 3.8) is 0 Å². The van der Waals surface area contributed by atoms with E-state index in [2.05, 4.69) is 21.3 Å². The van der Waals surface area contributed by atoms with Crippen LogP contribution in [0, 0.1) is 27.4 Å². The van der Waals surface area contributed by atoms with Gasteiger partial charge in [0.1, 0.15) is 11.4 Å². The lowest BCUT2D eigenvalue weighted by molar-refractivity contribution is -0.384. The van der Waals surface area contributed by atoms with Crippen LogP contribution in [0.3, 0.4) is 0 Å². The highest BCUT2D eigenvalue weighted by molar-refractivity contribution is 5.88. The number of fused-ring (bicyclic) bond motifs is 1. The van der Waals surface area contributed by atoms with E-state index in [1.807, 2.05) is 27.7 Å². The average Bonchev–Trinajstić information content (AvgIpc) is 2.71. The van der Waals surface area contributed by atoms with Crippen LogP contribution in [0.1, 0.15) is 46.1 Å². The summed E-state index contributed by atoms with van der Waals surface area (Å²) in [5.41, 5.74) is 0.326. The number of ether oxygens (including phenoxy) is 1. The minimum absolute atomic E-state index is 0.0169. The van der Waals surface area contributed by atoms with Gasteiger partial charge in [-0.05, 0) is 58.6 Å². The monoisotopic (exact) mass is 425 g/mol. The van der Waals surface area contributed by atoms with Crippen LogP contribution in [-0.2, 0) is 4.74 Å². The summed E-state index contributed by atoms with van der Waals surface area (Å²) in [7, 11) is 0. The van der Waals surface area contributed by atoms with Crippen molar-refractivity contribution in [3.05, 3.63) is 39.9 Å². The summed E-state index contributed by atoms with van der Waals surface area (Å²) >= 11 is 0. The van der Waals surface area contributed by atoms with E-state index in [9.17, 15) is 20.2 Å². The van der Waals surface area contributed by atoms with Gasteiger partial charge in [0.25, 0.3) is 5.69 Å². The Balaban J connectivity index is 1.69. The van der Waals surface area contributed by atoms with Gasteiger partial charge in [0.05, 0.1) is 22.1 Å². The van der Waals surface area contributed by atoms with E-state index in [0.717, 1.165) is 25.9 Å². The van der Waals surface area contributed by atoms with Gasteiger partial charge in [0.15, 0.2) is 0 Å². The summed E-state index contributed by atoms with van der Waals surface area (Å²) in [6.45, 7) is 8.96. The average molecular weight is 425 g/mol. The first-order chi connectivity index (χ1) is 14.6. The molecule has 1 unspecified atom stereocenters. The summed E-state index contributed by atoms with van der Waals surface area (Å²) in [4.78, 5) is 29.3. The van der Waals surface area contributed by atoms with Gasteiger partial charge in [0.2, 0.25) is 0 Å². The predicted octanol–water partition coefficient (Wildman–Crippen LogP) is 4.14. The minimum atomic E-state index is -0.534. The number of carbonyl (C=O) groups excluding carboxylic acids is 1. The van der Waals surface area contributed by atoms with Crippen LogP contribution < -0.4 is 10.2 Å². The van der Waals surface area contributed by atoms with Gasteiger partial charge >= 0.3 is 6.09 Å². The number of nitrogens with one attached hydrogen (secondary N) is 1. The number of hydrogen-bond donors (Lipinski definition) is 1. The number of benzene rings is 1. The lowest BCUT2D eigenvalue weighted by atomic mass is 9.90. The van der Waals surface area contributed by atoms with Crippen molar-refractivity contribution in [2.75, 3.05) is 18.0 Å². The van der Waals surface area contributed by atoms with E-state index in [0.29, 0.717) is 28.2 Å². The smallest absolute Gasteiger partial charge is 0.407 e. The Bertz CT molecular complexity index is 1030. The summed E-state index contributed by atoms with van der Waals surface area (Å²) in [5.74, 6) is 0.992. The van der Waals surface area contributed by atoms with Crippen molar-refractivity contribution < 1.29 is 14.5 Å². The Labute approximate surface area is 181 Å². The van der Waals surface area contributed by atoms with Crippen molar-refractivity contribution in [1.29, 1.82) is 5.26 Å². The number of nitro groups is 1. The van der Waals surface area contributed by atoms with Crippen LogP contribution in [0.15, 0.2) is 24.3 Å². The molecule has 3 rings (SSSR count). The van der Waals surface area contributed by atoms with Crippen LogP contribution >= 0.6 is 0 Å². The maximum atomic E-state index is 12.0. The van der Waals surface area contributed by atoms with Gasteiger partial charge in [-0.25, -0.2) is 9.78 Å². The second-order valence-corrected chi connectivity index (χ2v) is 8.86. The van der Waals surface area contributed by atoms with Crippen molar-refractivity contribution in [2.45, 2.75) is 52.2 Å². The SMILES string of the molecule is CC(NC(=O)OC(C)(C)C)C1CCN(c2cc(C#N)c3cc([N+](=O)[O-])ccc3n2)CC1. The molecule has 1 aliphatic rings. The number of rotatable bonds is 4. The molecule has 1 N–H and O–H groups in total. The molecule has 164 valence electrons. The van der Waals surface area contributed by atoms with Crippen molar-refractivity contribution in [3.8, 4) is 6.07 Å². The van der Waals surface area contributed by atoms with Crippen molar-refractivity contribution >= 4 is 28.5 Å². The number of alkyl carbamates (subject to hydrolysis) is 1. The fourth-order valence-corrected chi connectivity index (χ4v) is 3.81.